The average Bonchev–Trinajstić information content (AvgIpc) is 2.78. The van der Waals surface area contributed by atoms with Gasteiger partial charge in [0.25, 0.3) is 17.5 Å². The van der Waals surface area contributed by atoms with Crippen LogP contribution in [0.1, 0.15) is 21.5 Å². The third kappa shape index (κ3) is 6.97. The maximum absolute atomic E-state index is 12.2. The van der Waals surface area contributed by atoms with Crippen molar-refractivity contribution in [1.29, 1.82) is 0 Å². The Hall–Kier alpha value is -4.05. The molecule has 0 bridgehead atoms. The van der Waals surface area contributed by atoms with E-state index < -0.39 is 10.8 Å². The van der Waals surface area contributed by atoms with Crippen molar-refractivity contribution >= 4 is 45.3 Å². The van der Waals surface area contributed by atoms with Crippen molar-refractivity contribution in [2.45, 2.75) is 6.92 Å². The van der Waals surface area contributed by atoms with Crippen LogP contribution in [0.2, 0.25) is 0 Å². The second kappa shape index (κ2) is 11.0. The quantitative estimate of drug-likeness (QED) is 0.263. The third-order valence-corrected chi connectivity index (χ3v) is 4.84. The number of hydrogen-bond donors (Lipinski definition) is 2. The Bertz CT molecular complexity index is 1210. The van der Waals surface area contributed by atoms with Gasteiger partial charge in [-0.25, -0.2) is 5.43 Å². The molecule has 0 atom stereocenters. The number of hydrogen-bond acceptors (Lipinski definition) is 6. The lowest BCUT2D eigenvalue weighted by Gasteiger charge is -2.10. The summed E-state index contributed by atoms with van der Waals surface area (Å²) in [5.41, 5.74) is 4.69. The molecule has 168 valence electrons. The van der Waals surface area contributed by atoms with E-state index in [1.54, 1.807) is 24.3 Å². The number of carbonyl (C=O) groups excluding carboxylic acids is 2. The van der Waals surface area contributed by atoms with E-state index in [4.69, 9.17) is 4.74 Å². The van der Waals surface area contributed by atoms with Gasteiger partial charge < -0.3 is 10.1 Å². The fourth-order valence-electron chi connectivity index (χ4n) is 2.77. The second-order valence-corrected chi connectivity index (χ2v) is 7.81. The van der Waals surface area contributed by atoms with E-state index >= 15 is 0 Å². The summed E-state index contributed by atoms with van der Waals surface area (Å²) < 4.78 is 6.39. The van der Waals surface area contributed by atoms with E-state index in [2.05, 4.69) is 31.8 Å². The third-order valence-electron chi connectivity index (χ3n) is 4.34. The molecule has 0 saturated carbocycles. The van der Waals surface area contributed by atoms with Crippen molar-refractivity contribution in [3.8, 4) is 5.75 Å². The smallest absolute Gasteiger partial charge is 0.271 e. The average molecular weight is 511 g/mol. The first kappa shape index (κ1) is 23.6. The molecule has 33 heavy (non-hydrogen) atoms. The molecule has 2 N–H and O–H groups in total. The summed E-state index contributed by atoms with van der Waals surface area (Å²) >= 11 is 3.36. The van der Waals surface area contributed by atoms with Gasteiger partial charge in [0.15, 0.2) is 6.61 Å². The van der Waals surface area contributed by atoms with Crippen LogP contribution in [0.3, 0.4) is 0 Å². The van der Waals surface area contributed by atoms with Gasteiger partial charge in [-0.3, -0.25) is 19.7 Å². The second-order valence-electron chi connectivity index (χ2n) is 6.89. The van der Waals surface area contributed by atoms with Crippen molar-refractivity contribution in [3.63, 3.8) is 0 Å². The van der Waals surface area contributed by atoms with Crippen LogP contribution in [0.25, 0.3) is 0 Å². The van der Waals surface area contributed by atoms with Crippen molar-refractivity contribution in [2.24, 2.45) is 5.10 Å². The maximum Gasteiger partial charge on any atom is 0.271 e. The summed E-state index contributed by atoms with van der Waals surface area (Å²) in [5.74, 6) is -0.458. The monoisotopic (exact) mass is 510 g/mol. The molecular weight excluding hydrogens is 492 g/mol. The highest BCUT2D eigenvalue weighted by Gasteiger charge is 2.10. The predicted molar refractivity (Wildman–Crippen MR) is 128 cm³/mol. The molecule has 0 radical (unpaired) electrons. The molecule has 0 unspecified atom stereocenters. The van der Waals surface area contributed by atoms with Crippen LogP contribution in [0.5, 0.6) is 5.75 Å². The molecule has 0 heterocycles. The van der Waals surface area contributed by atoms with Crippen molar-refractivity contribution in [1.82, 2.24) is 5.43 Å². The first-order valence-corrected chi connectivity index (χ1v) is 10.5. The van der Waals surface area contributed by atoms with Gasteiger partial charge in [0.1, 0.15) is 5.75 Å². The van der Waals surface area contributed by atoms with E-state index in [1.165, 1.54) is 30.5 Å². The lowest BCUT2D eigenvalue weighted by Crippen LogP contribution is -2.20. The molecule has 0 aromatic heterocycles. The summed E-state index contributed by atoms with van der Waals surface area (Å²) in [6.07, 6.45) is 1.38. The van der Waals surface area contributed by atoms with Crippen LogP contribution in [-0.4, -0.2) is 29.6 Å². The van der Waals surface area contributed by atoms with Crippen LogP contribution >= 0.6 is 15.9 Å². The Morgan fingerprint density at radius 3 is 2.58 bits per heavy atom. The largest absolute Gasteiger partial charge is 0.483 e. The van der Waals surface area contributed by atoms with E-state index in [-0.39, 0.29) is 23.8 Å². The maximum atomic E-state index is 12.2. The van der Waals surface area contributed by atoms with Crippen LogP contribution in [0.4, 0.5) is 11.4 Å². The number of carbonyl (C=O) groups is 2. The topological polar surface area (TPSA) is 123 Å². The van der Waals surface area contributed by atoms with Crippen molar-refractivity contribution in [3.05, 3.63) is 98.0 Å². The summed E-state index contributed by atoms with van der Waals surface area (Å²) in [6.45, 7) is 1.71. The van der Waals surface area contributed by atoms with Crippen molar-refractivity contribution < 1.29 is 19.2 Å². The fourth-order valence-corrected chi connectivity index (χ4v) is 3.15. The molecule has 0 spiro atoms. The number of nitrogens with one attached hydrogen (secondary N) is 2. The molecule has 3 aromatic carbocycles. The number of hydrazone groups is 1. The van der Waals surface area contributed by atoms with Gasteiger partial charge in [-0.05, 0) is 55.0 Å². The molecule has 0 aliphatic heterocycles. The van der Waals surface area contributed by atoms with Gasteiger partial charge in [0, 0.05) is 33.4 Å². The lowest BCUT2D eigenvalue weighted by molar-refractivity contribution is -0.384. The van der Waals surface area contributed by atoms with Crippen LogP contribution in [-0.2, 0) is 4.79 Å². The zero-order valence-electron chi connectivity index (χ0n) is 17.4. The van der Waals surface area contributed by atoms with Gasteiger partial charge in [-0.15, -0.1) is 0 Å². The number of nitrogens with zero attached hydrogens (tertiary/aromatic N) is 2. The number of aryl methyl sites for hydroxylation is 1. The fraction of sp³-hybridized carbons (Fsp3) is 0.0870. The number of ether oxygens (including phenoxy) is 1. The van der Waals surface area contributed by atoms with Crippen molar-refractivity contribution in [2.75, 3.05) is 11.9 Å². The lowest BCUT2D eigenvalue weighted by atomic mass is 10.2. The molecule has 3 aromatic rings. The van der Waals surface area contributed by atoms with Crippen LogP contribution in [0, 0.1) is 17.0 Å². The Morgan fingerprint density at radius 1 is 1.12 bits per heavy atom. The number of non-ortho nitro benzene ring substituents is 1. The van der Waals surface area contributed by atoms with E-state index in [9.17, 15) is 19.7 Å². The Balaban J connectivity index is 1.61. The SMILES string of the molecule is Cc1cccc(NC(=O)COc2ccc(Br)cc2/C=N/NC(=O)c2ccc([N+](=O)[O-])cc2)c1. The van der Waals surface area contributed by atoms with E-state index in [1.807, 2.05) is 25.1 Å². The minimum absolute atomic E-state index is 0.114. The molecule has 9 nitrogen and oxygen atoms in total. The predicted octanol–water partition coefficient (Wildman–Crippen LogP) is 4.45. The highest BCUT2D eigenvalue weighted by atomic mass is 79.9. The standard InChI is InChI=1S/C23H19BrN4O5/c1-15-3-2-4-19(11-15)26-22(29)14-33-21-10-7-18(24)12-17(21)13-25-27-23(30)16-5-8-20(9-6-16)28(31)32/h2-13H,14H2,1H3,(H,26,29)(H,27,30)/b25-13+. The minimum atomic E-state index is -0.546. The number of nitro benzene ring substituents is 1. The molecule has 0 aliphatic carbocycles. The van der Waals surface area contributed by atoms with E-state index in [0.29, 0.717) is 17.0 Å². The molecule has 0 saturated heterocycles. The number of benzene rings is 3. The number of nitro groups is 1. The summed E-state index contributed by atoms with van der Waals surface area (Å²) in [4.78, 5) is 34.6. The van der Waals surface area contributed by atoms with E-state index in [0.717, 1.165) is 10.0 Å². The number of halogens is 1. The molecule has 3 rings (SSSR count). The molecular formula is C23H19BrN4O5. The number of rotatable bonds is 8. The summed E-state index contributed by atoms with van der Waals surface area (Å²) in [5, 5.41) is 17.4. The molecule has 0 aliphatic rings. The van der Waals surface area contributed by atoms with Crippen LogP contribution < -0.4 is 15.5 Å². The zero-order chi connectivity index (χ0) is 23.8. The Kier molecular flexibility index (Phi) is 7.87. The van der Waals surface area contributed by atoms with Gasteiger partial charge in [-0.1, -0.05) is 28.1 Å². The van der Waals surface area contributed by atoms with Gasteiger partial charge in [0.2, 0.25) is 0 Å². The van der Waals surface area contributed by atoms with Crippen LogP contribution in [0.15, 0.2) is 76.3 Å². The Morgan fingerprint density at radius 2 is 1.88 bits per heavy atom. The number of amides is 2. The van der Waals surface area contributed by atoms with Gasteiger partial charge in [-0.2, -0.15) is 5.10 Å². The molecule has 10 heteroatoms. The highest BCUT2D eigenvalue weighted by molar-refractivity contribution is 9.10. The van der Waals surface area contributed by atoms with Gasteiger partial charge >= 0.3 is 0 Å². The Labute approximate surface area is 197 Å². The zero-order valence-corrected chi connectivity index (χ0v) is 19.0. The van der Waals surface area contributed by atoms with Gasteiger partial charge in [0.05, 0.1) is 11.1 Å². The summed E-state index contributed by atoms with van der Waals surface area (Å²) in [7, 11) is 0. The molecule has 0 fully saturated rings. The summed E-state index contributed by atoms with van der Waals surface area (Å²) in [6, 6.07) is 17.7. The normalized spacial score (nSPS) is 10.6. The molecule has 2 amide bonds. The first-order valence-electron chi connectivity index (χ1n) is 9.68. The minimum Gasteiger partial charge on any atom is -0.483 e. The number of anilines is 1. The highest BCUT2D eigenvalue weighted by Crippen LogP contribution is 2.22. The first-order chi connectivity index (χ1) is 15.8.